The number of amides is 1. The van der Waals surface area contributed by atoms with Crippen molar-refractivity contribution in [3.63, 3.8) is 0 Å². The summed E-state index contributed by atoms with van der Waals surface area (Å²) in [5.74, 6) is -2.08. The first-order valence-corrected chi connectivity index (χ1v) is 9.53. The van der Waals surface area contributed by atoms with E-state index in [1.54, 1.807) is 17.5 Å². The summed E-state index contributed by atoms with van der Waals surface area (Å²) in [6.45, 7) is 1.88. The highest BCUT2D eigenvalue weighted by atomic mass is 32.1. The molecule has 1 aliphatic heterocycles. The van der Waals surface area contributed by atoms with Gasteiger partial charge in [-0.15, -0.1) is 11.3 Å². The van der Waals surface area contributed by atoms with Gasteiger partial charge in [0.05, 0.1) is 16.5 Å². The Labute approximate surface area is 165 Å². The SMILES string of the molecule is Cc1ccccc1C1C(C(=O)c2cccs2)=C(O)C(=O)N1c1ccc(F)cc1. The molecule has 0 bridgehead atoms. The van der Waals surface area contributed by atoms with Crippen molar-refractivity contribution in [2.24, 2.45) is 0 Å². The topological polar surface area (TPSA) is 57.6 Å². The lowest BCUT2D eigenvalue weighted by Crippen LogP contribution is -2.31. The van der Waals surface area contributed by atoms with E-state index in [1.165, 1.54) is 40.5 Å². The van der Waals surface area contributed by atoms with E-state index in [-0.39, 0.29) is 5.57 Å². The number of hydrogen-bond acceptors (Lipinski definition) is 4. The summed E-state index contributed by atoms with van der Waals surface area (Å²) >= 11 is 1.25. The van der Waals surface area contributed by atoms with Crippen LogP contribution in [0, 0.1) is 12.7 Å². The van der Waals surface area contributed by atoms with Crippen LogP contribution in [-0.4, -0.2) is 16.8 Å². The second kappa shape index (κ2) is 7.05. The van der Waals surface area contributed by atoms with Gasteiger partial charge in [0.15, 0.2) is 5.76 Å². The fraction of sp³-hybridized carbons (Fsp3) is 0.0909. The van der Waals surface area contributed by atoms with Gasteiger partial charge in [0.2, 0.25) is 5.78 Å². The normalized spacial score (nSPS) is 16.7. The molecule has 140 valence electrons. The molecule has 0 aliphatic carbocycles. The Kier molecular flexibility index (Phi) is 4.57. The van der Waals surface area contributed by atoms with Crippen LogP contribution in [0.2, 0.25) is 0 Å². The fourth-order valence-electron chi connectivity index (χ4n) is 3.43. The minimum absolute atomic E-state index is 0.0334. The third-order valence-corrected chi connectivity index (χ3v) is 5.65. The monoisotopic (exact) mass is 393 g/mol. The number of anilines is 1. The smallest absolute Gasteiger partial charge is 0.294 e. The molecule has 1 atom stereocenters. The van der Waals surface area contributed by atoms with Crippen molar-refractivity contribution in [3.8, 4) is 0 Å². The molecule has 0 saturated heterocycles. The number of Topliss-reactive ketones (excluding diaryl/α,β-unsaturated/α-hetero) is 1. The van der Waals surface area contributed by atoms with Gasteiger partial charge < -0.3 is 5.11 Å². The second-order valence-corrected chi connectivity index (χ2v) is 7.43. The van der Waals surface area contributed by atoms with Crippen molar-refractivity contribution in [1.29, 1.82) is 0 Å². The van der Waals surface area contributed by atoms with Gasteiger partial charge in [-0.1, -0.05) is 30.3 Å². The van der Waals surface area contributed by atoms with Crippen LogP contribution in [0.25, 0.3) is 0 Å². The van der Waals surface area contributed by atoms with Gasteiger partial charge in [-0.05, 0) is 53.8 Å². The Balaban J connectivity index is 1.91. The van der Waals surface area contributed by atoms with Crippen molar-refractivity contribution in [2.45, 2.75) is 13.0 Å². The van der Waals surface area contributed by atoms with Crippen LogP contribution < -0.4 is 4.90 Å². The van der Waals surface area contributed by atoms with E-state index in [0.717, 1.165) is 11.1 Å². The van der Waals surface area contributed by atoms with Gasteiger partial charge in [-0.3, -0.25) is 14.5 Å². The van der Waals surface area contributed by atoms with E-state index < -0.39 is 29.3 Å². The molecule has 0 spiro atoms. The molecule has 1 amide bonds. The number of aliphatic hydroxyl groups is 1. The number of thiophene rings is 1. The summed E-state index contributed by atoms with van der Waals surface area (Å²) in [6, 6.07) is 15.4. The average molecular weight is 393 g/mol. The van der Waals surface area contributed by atoms with E-state index in [2.05, 4.69) is 0 Å². The highest BCUT2D eigenvalue weighted by molar-refractivity contribution is 7.12. The van der Waals surface area contributed by atoms with E-state index >= 15 is 0 Å². The van der Waals surface area contributed by atoms with E-state index in [0.29, 0.717) is 10.6 Å². The van der Waals surface area contributed by atoms with Gasteiger partial charge in [0.1, 0.15) is 5.82 Å². The van der Waals surface area contributed by atoms with Crippen LogP contribution >= 0.6 is 11.3 Å². The molecule has 1 aliphatic rings. The largest absolute Gasteiger partial charge is 0.503 e. The standard InChI is InChI=1S/C22H16FNO3S/c1-13-5-2-3-6-16(13)19-18(20(25)17-7-4-12-28-17)21(26)22(27)24(19)15-10-8-14(23)9-11-15/h2-12,19,26H,1H3. The summed E-state index contributed by atoms with van der Waals surface area (Å²) < 4.78 is 13.4. The van der Waals surface area contributed by atoms with Crippen molar-refractivity contribution in [3.05, 3.63) is 99.2 Å². The minimum atomic E-state index is -0.797. The van der Waals surface area contributed by atoms with Crippen molar-refractivity contribution < 1.29 is 19.1 Å². The van der Waals surface area contributed by atoms with Gasteiger partial charge >= 0.3 is 0 Å². The first kappa shape index (κ1) is 18.1. The zero-order chi connectivity index (χ0) is 19.8. The van der Waals surface area contributed by atoms with Crippen molar-refractivity contribution >= 4 is 28.7 Å². The number of carbonyl (C=O) groups excluding carboxylic acids is 2. The first-order valence-electron chi connectivity index (χ1n) is 8.65. The summed E-state index contributed by atoms with van der Waals surface area (Å²) in [6.07, 6.45) is 0. The number of carbonyl (C=O) groups is 2. The van der Waals surface area contributed by atoms with E-state index in [4.69, 9.17) is 0 Å². The molecular weight excluding hydrogens is 377 g/mol. The first-order chi connectivity index (χ1) is 13.5. The maximum Gasteiger partial charge on any atom is 0.294 e. The molecule has 1 N–H and O–H groups in total. The Morgan fingerprint density at radius 3 is 2.43 bits per heavy atom. The molecule has 1 unspecified atom stereocenters. The highest BCUT2D eigenvalue weighted by Crippen LogP contribution is 2.43. The third-order valence-electron chi connectivity index (χ3n) is 4.79. The minimum Gasteiger partial charge on any atom is -0.503 e. The van der Waals surface area contributed by atoms with E-state index in [1.807, 2.05) is 31.2 Å². The molecule has 3 aromatic rings. The van der Waals surface area contributed by atoms with E-state index in [9.17, 15) is 19.1 Å². The zero-order valence-corrected chi connectivity index (χ0v) is 15.7. The van der Waals surface area contributed by atoms with Crippen LogP contribution in [0.1, 0.15) is 26.8 Å². The van der Waals surface area contributed by atoms with Crippen LogP contribution in [0.15, 0.2) is 77.4 Å². The maximum atomic E-state index is 13.4. The van der Waals surface area contributed by atoms with Crippen LogP contribution in [0.4, 0.5) is 10.1 Å². The summed E-state index contributed by atoms with van der Waals surface area (Å²) in [5, 5.41) is 12.4. The Bertz CT molecular complexity index is 1090. The predicted molar refractivity (Wildman–Crippen MR) is 106 cm³/mol. The van der Waals surface area contributed by atoms with Crippen LogP contribution in [0.5, 0.6) is 0 Å². The molecule has 0 radical (unpaired) electrons. The lowest BCUT2D eigenvalue weighted by Gasteiger charge is -2.28. The third kappa shape index (κ3) is 2.92. The summed E-state index contributed by atoms with van der Waals surface area (Å²) in [5.41, 5.74) is 2.04. The van der Waals surface area contributed by atoms with Gasteiger partial charge in [0, 0.05) is 5.69 Å². The quantitative estimate of drug-likeness (QED) is 0.636. The van der Waals surface area contributed by atoms with Crippen molar-refractivity contribution in [2.75, 3.05) is 4.90 Å². The summed E-state index contributed by atoms with van der Waals surface area (Å²) in [4.78, 5) is 27.9. The number of ketones is 1. The molecule has 6 heteroatoms. The number of hydrogen-bond donors (Lipinski definition) is 1. The number of nitrogens with zero attached hydrogens (tertiary/aromatic N) is 1. The number of halogens is 1. The average Bonchev–Trinajstić information content (AvgIpc) is 3.31. The highest BCUT2D eigenvalue weighted by Gasteiger charge is 2.45. The number of aryl methyl sites for hydroxylation is 1. The van der Waals surface area contributed by atoms with Crippen LogP contribution in [0.3, 0.4) is 0 Å². The lowest BCUT2D eigenvalue weighted by molar-refractivity contribution is -0.117. The van der Waals surface area contributed by atoms with Gasteiger partial charge in [0.25, 0.3) is 5.91 Å². The molecule has 28 heavy (non-hydrogen) atoms. The second-order valence-electron chi connectivity index (χ2n) is 6.48. The zero-order valence-electron chi connectivity index (χ0n) is 14.9. The number of rotatable bonds is 4. The Morgan fingerprint density at radius 1 is 1.07 bits per heavy atom. The Hall–Kier alpha value is -3.25. The molecule has 2 aromatic carbocycles. The lowest BCUT2D eigenvalue weighted by atomic mass is 9.92. The molecule has 2 heterocycles. The fourth-order valence-corrected chi connectivity index (χ4v) is 4.11. The molecule has 0 saturated carbocycles. The maximum absolute atomic E-state index is 13.4. The molecule has 4 rings (SSSR count). The Morgan fingerprint density at radius 2 is 1.79 bits per heavy atom. The molecule has 0 fully saturated rings. The predicted octanol–water partition coefficient (Wildman–Crippen LogP) is 4.98. The number of aliphatic hydroxyl groups excluding tert-OH is 1. The summed E-state index contributed by atoms with van der Waals surface area (Å²) in [7, 11) is 0. The van der Waals surface area contributed by atoms with Crippen LogP contribution in [-0.2, 0) is 4.79 Å². The van der Waals surface area contributed by atoms with Gasteiger partial charge in [-0.2, -0.15) is 0 Å². The molecule has 1 aromatic heterocycles. The number of benzene rings is 2. The molecular formula is C22H16FNO3S. The molecule has 4 nitrogen and oxygen atoms in total. The van der Waals surface area contributed by atoms with Crippen molar-refractivity contribution in [1.82, 2.24) is 0 Å². The van der Waals surface area contributed by atoms with Gasteiger partial charge in [-0.25, -0.2) is 4.39 Å².